The van der Waals surface area contributed by atoms with Gasteiger partial charge in [-0.05, 0) is 55.7 Å². The highest BCUT2D eigenvalue weighted by Gasteiger charge is 2.54. The van der Waals surface area contributed by atoms with E-state index in [4.69, 9.17) is 4.74 Å². The van der Waals surface area contributed by atoms with Gasteiger partial charge in [-0.1, -0.05) is 12.1 Å². The Kier molecular flexibility index (Phi) is 4.28. The Bertz CT molecular complexity index is 598. The average molecular weight is 317 g/mol. The van der Waals surface area contributed by atoms with Crippen molar-refractivity contribution in [2.45, 2.75) is 32.2 Å². The predicted octanol–water partition coefficient (Wildman–Crippen LogP) is 2.62. The summed E-state index contributed by atoms with van der Waals surface area (Å²) in [5.74, 6) is -0.675. The van der Waals surface area contributed by atoms with Crippen LogP contribution in [0.3, 0.4) is 0 Å². The molecule has 3 rings (SSSR count). The lowest BCUT2D eigenvalue weighted by Gasteiger charge is -2.28. The molecule has 2 aliphatic rings. The fraction of sp³-hybridized carbons (Fsp3) is 0.556. The number of carboxylic acids is 1. The van der Waals surface area contributed by atoms with Crippen LogP contribution in [-0.4, -0.2) is 24.1 Å². The molecule has 1 aromatic carbocycles. The van der Waals surface area contributed by atoms with Crippen LogP contribution in [0, 0.1) is 23.7 Å². The summed E-state index contributed by atoms with van der Waals surface area (Å²) in [6.07, 6.45) is 2.80. The molecule has 124 valence electrons. The van der Waals surface area contributed by atoms with Crippen LogP contribution in [-0.2, 0) is 9.59 Å². The first-order valence-corrected chi connectivity index (χ1v) is 8.18. The summed E-state index contributed by atoms with van der Waals surface area (Å²) in [5, 5.41) is 12.5. The van der Waals surface area contributed by atoms with E-state index in [-0.39, 0.29) is 29.7 Å². The summed E-state index contributed by atoms with van der Waals surface area (Å²) < 4.78 is 5.13. The van der Waals surface area contributed by atoms with Crippen molar-refractivity contribution in [3.63, 3.8) is 0 Å². The van der Waals surface area contributed by atoms with Crippen molar-refractivity contribution in [2.24, 2.45) is 23.7 Å². The number of aliphatic carboxylic acids is 1. The Balaban J connectivity index is 1.69. The molecule has 0 heterocycles. The molecule has 1 amide bonds. The Labute approximate surface area is 136 Å². The van der Waals surface area contributed by atoms with Gasteiger partial charge in [-0.15, -0.1) is 0 Å². The van der Waals surface area contributed by atoms with Gasteiger partial charge < -0.3 is 15.2 Å². The van der Waals surface area contributed by atoms with Gasteiger partial charge >= 0.3 is 5.97 Å². The second-order valence-electron chi connectivity index (χ2n) is 6.73. The minimum atomic E-state index is -0.825. The molecule has 5 heteroatoms. The topological polar surface area (TPSA) is 75.6 Å². The number of hydrogen-bond acceptors (Lipinski definition) is 3. The van der Waals surface area contributed by atoms with Crippen LogP contribution >= 0.6 is 0 Å². The van der Waals surface area contributed by atoms with Crippen LogP contribution < -0.4 is 10.1 Å². The van der Waals surface area contributed by atoms with Gasteiger partial charge in [-0.25, -0.2) is 0 Å². The molecule has 2 bridgehead atoms. The van der Waals surface area contributed by atoms with Crippen LogP contribution in [0.15, 0.2) is 24.3 Å². The monoisotopic (exact) mass is 317 g/mol. The Hall–Kier alpha value is -2.04. The minimum absolute atomic E-state index is 0.118. The quantitative estimate of drug-likeness (QED) is 0.875. The second kappa shape index (κ2) is 6.22. The van der Waals surface area contributed by atoms with Gasteiger partial charge in [0, 0.05) is 0 Å². The van der Waals surface area contributed by atoms with Crippen molar-refractivity contribution in [2.75, 3.05) is 7.11 Å². The summed E-state index contributed by atoms with van der Waals surface area (Å²) in [5.41, 5.74) is 0.981. The lowest BCUT2D eigenvalue weighted by atomic mass is 9.78. The number of ether oxygens (including phenoxy) is 1. The molecule has 5 atom stereocenters. The highest BCUT2D eigenvalue weighted by atomic mass is 16.5. The van der Waals surface area contributed by atoms with Gasteiger partial charge in [0.05, 0.1) is 25.0 Å². The average Bonchev–Trinajstić information content (AvgIpc) is 3.15. The highest BCUT2D eigenvalue weighted by molar-refractivity contribution is 5.86. The van der Waals surface area contributed by atoms with Gasteiger partial charge in [0.25, 0.3) is 0 Å². The Morgan fingerprint density at radius 3 is 2.35 bits per heavy atom. The Morgan fingerprint density at radius 1 is 1.17 bits per heavy atom. The normalized spacial score (nSPS) is 30.0. The van der Waals surface area contributed by atoms with Crippen LogP contribution in [0.1, 0.15) is 37.8 Å². The Morgan fingerprint density at radius 2 is 1.78 bits per heavy atom. The molecule has 0 radical (unpaired) electrons. The number of nitrogens with one attached hydrogen (secondary N) is 1. The third kappa shape index (κ3) is 2.92. The highest BCUT2D eigenvalue weighted by Crippen LogP contribution is 2.52. The first-order valence-electron chi connectivity index (χ1n) is 8.18. The van der Waals surface area contributed by atoms with Crippen molar-refractivity contribution in [1.29, 1.82) is 0 Å². The number of hydrogen-bond donors (Lipinski definition) is 2. The standard InChI is InChI=1S/C18H23NO4/c1-10(11-5-7-14(23-2)8-6-11)19-17(20)15-12-3-4-13(9-12)16(15)18(21)22/h5-8,10,12-13,15-16H,3-4,9H2,1-2H3,(H,19,20)(H,21,22)/t10-,12-,13-,15-,16-/m0/s1. The second-order valence-corrected chi connectivity index (χ2v) is 6.73. The number of amides is 1. The van der Waals surface area contributed by atoms with E-state index >= 15 is 0 Å². The van der Waals surface area contributed by atoms with Crippen molar-refractivity contribution in [3.05, 3.63) is 29.8 Å². The summed E-state index contributed by atoms with van der Waals surface area (Å²) >= 11 is 0. The van der Waals surface area contributed by atoms with Crippen molar-refractivity contribution >= 4 is 11.9 Å². The van der Waals surface area contributed by atoms with Crippen LogP contribution in [0.2, 0.25) is 0 Å². The molecule has 2 N–H and O–H groups in total. The van der Waals surface area contributed by atoms with Crippen molar-refractivity contribution < 1.29 is 19.4 Å². The minimum Gasteiger partial charge on any atom is -0.497 e. The summed E-state index contributed by atoms with van der Waals surface area (Å²) in [6.45, 7) is 1.92. The molecule has 2 fully saturated rings. The zero-order chi connectivity index (χ0) is 16.6. The molecular formula is C18H23NO4. The van der Waals surface area contributed by atoms with E-state index in [9.17, 15) is 14.7 Å². The fourth-order valence-corrected chi connectivity index (χ4v) is 4.31. The molecule has 0 aromatic heterocycles. The summed E-state index contributed by atoms with van der Waals surface area (Å²) in [4.78, 5) is 24.2. The van der Waals surface area contributed by atoms with E-state index in [1.54, 1.807) is 7.11 Å². The maximum atomic E-state index is 12.7. The third-order valence-corrected chi connectivity index (χ3v) is 5.48. The lowest BCUT2D eigenvalue weighted by molar-refractivity contribution is -0.149. The van der Waals surface area contributed by atoms with Gasteiger partial charge in [0.2, 0.25) is 5.91 Å². The van der Waals surface area contributed by atoms with Gasteiger partial charge in [-0.2, -0.15) is 0 Å². The number of carbonyl (C=O) groups is 2. The van der Waals surface area contributed by atoms with E-state index in [2.05, 4.69) is 5.32 Å². The van der Waals surface area contributed by atoms with E-state index in [1.807, 2.05) is 31.2 Å². The first kappa shape index (κ1) is 15.8. The molecular weight excluding hydrogens is 294 g/mol. The molecule has 0 aliphatic heterocycles. The molecule has 2 saturated carbocycles. The predicted molar refractivity (Wildman–Crippen MR) is 85.0 cm³/mol. The molecule has 23 heavy (non-hydrogen) atoms. The number of rotatable bonds is 5. The maximum absolute atomic E-state index is 12.7. The SMILES string of the molecule is COc1ccc([C@H](C)NC(=O)[C@H]2[C@H]3CC[C@@H](C3)[C@@H]2C(=O)O)cc1. The molecule has 0 spiro atoms. The number of methoxy groups -OCH3 is 1. The third-order valence-electron chi connectivity index (χ3n) is 5.48. The molecule has 0 unspecified atom stereocenters. The molecule has 1 aromatic rings. The summed E-state index contributed by atoms with van der Waals surface area (Å²) in [7, 11) is 1.61. The smallest absolute Gasteiger partial charge is 0.307 e. The van der Waals surface area contributed by atoms with E-state index in [0.717, 1.165) is 30.6 Å². The number of carboxylic acid groups (broad SMARTS) is 1. The van der Waals surface area contributed by atoms with Gasteiger partial charge in [0.15, 0.2) is 0 Å². The number of fused-ring (bicyclic) bond motifs is 2. The number of benzene rings is 1. The first-order chi connectivity index (χ1) is 11.0. The molecule has 2 aliphatic carbocycles. The maximum Gasteiger partial charge on any atom is 0.307 e. The summed E-state index contributed by atoms with van der Waals surface area (Å²) in [6, 6.07) is 7.39. The van der Waals surface area contributed by atoms with Crippen LogP contribution in [0.5, 0.6) is 5.75 Å². The zero-order valence-corrected chi connectivity index (χ0v) is 13.5. The van der Waals surface area contributed by atoms with Gasteiger partial charge in [-0.3, -0.25) is 9.59 Å². The largest absolute Gasteiger partial charge is 0.497 e. The van der Waals surface area contributed by atoms with Crippen LogP contribution in [0.4, 0.5) is 0 Å². The molecule has 0 saturated heterocycles. The molecule has 5 nitrogen and oxygen atoms in total. The van der Waals surface area contributed by atoms with Gasteiger partial charge in [0.1, 0.15) is 5.75 Å². The van der Waals surface area contributed by atoms with Crippen LogP contribution in [0.25, 0.3) is 0 Å². The van der Waals surface area contributed by atoms with E-state index < -0.39 is 11.9 Å². The lowest BCUT2D eigenvalue weighted by Crippen LogP contribution is -2.42. The van der Waals surface area contributed by atoms with Crippen molar-refractivity contribution in [1.82, 2.24) is 5.32 Å². The van der Waals surface area contributed by atoms with E-state index in [1.165, 1.54) is 0 Å². The van der Waals surface area contributed by atoms with Crippen molar-refractivity contribution in [3.8, 4) is 5.75 Å². The fourth-order valence-electron chi connectivity index (χ4n) is 4.31. The zero-order valence-electron chi connectivity index (χ0n) is 13.5. The number of carbonyl (C=O) groups excluding carboxylic acids is 1. The van der Waals surface area contributed by atoms with E-state index in [0.29, 0.717) is 0 Å².